The van der Waals surface area contributed by atoms with Gasteiger partial charge in [-0.2, -0.15) is 0 Å². The number of benzene rings is 1. The van der Waals surface area contributed by atoms with Crippen LogP contribution in [0.4, 0.5) is 4.79 Å². The predicted octanol–water partition coefficient (Wildman–Crippen LogP) is 2.09. The minimum Gasteiger partial charge on any atom is -0.467 e. The summed E-state index contributed by atoms with van der Waals surface area (Å²) in [4.78, 5) is 38.4. The molecule has 2 aromatic rings. The van der Waals surface area contributed by atoms with Gasteiger partial charge >= 0.3 is 30.1 Å². The van der Waals surface area contributed by atoms with E-state index in [9.17, 15) is 9.59 Å². The molecule has 0 saturated carbocycles. The molecule has 0 N–H and O–H groups in total. The van der Waals surface area contributed by atoms with E-state index < -0.39 is 18.0 Å². The summed E-state index contributed by atoms with van der Waals surface area (Å²) in [6.45, 7) is 2.74. The van der Waals surface area contributed by atoms with Crippen LogP contribution < -0.4 is 14.2 Å². The van der Waals surface area contributed by atoms with Gasteiger partial charge in [0.2, 0.25) is 0 Å². The van der Waals surface area contributed by atoms with Crippen molar-refractivity contribution >= 4 is 12.1 Å². The first-order chi connectivity index (χ1) is 14.5. The molecule has 1 aliphatic heterocycles. The van der Waals surface area contributed by atoms with E-state index in [-0.39, 0.29) is 37.1 Å². The summed E-state index contributed by atoms with van der Waals surface area (Å²) in [6.07, 6.45) is 0.239. The maximum Gasteiger partial charge on any atom is 0.410 e. The Morgan fingerprint density at radius 2 is 1.63 bits per heavy atom. The third kappa shape index (κ3) is 5.13. The Morgan fingerprint density at radius 3 is 2.23 bits per heavy atom. The predicted molar refractivity (Wildman–Crippen MR) is 104 cm³/mol. The third-order valence-corrected chi connectivity index (χ3v) is 4.86. The maximum absolute atomic E-state index is 12.7. The van der Waals surface area contributed by atoms with Crippen LogP contribution in [0.15, 0.2) is 30.3 Å². The molecule has 160 valence electrons. The average molecular weight is 416 g/mol. The highest BCUT2D eigenvalue weighted by Gasteiger charge is 2.40. The van der Waals surface area contributed by atoms with Gasteiger partial charge in [-0.15, -0.1) is 15.0 Å². The summed E-state index contributed by atoms with van der Waals surface area (Å²) >= 11 is 0. The first-order valence-electron chi connectivity index (χ1n) is 9.55. The van der Waals surface area contributed by atoms with Crippen molar-refractivity contribution in [3.63, 3.8) is 0 Å². The van der Waals surface area contributed by atoms with E-state index in [2.05, 4.69) is 15.0 Å². The number of hydrogen-bond acceptors (Lipinski definition) is 9. The molecule has 0 spiro atoms. The summed E-state index contributed by atoms with van der Waals surface area (Å²) in [6, 6.07) is 9.12. The molecule has 1 fully saturated rings. The van der Waals surface area contributed by atoms with Crippen LogP contribution in [0.25, 0.3) is 0 Å². The molecule has 30 heavy (non-hydrogen) atoms. The van der Waals surface area contributed by atoms with Gasteiger partial charge in [-0.1, -0.05) is 43.7 Å². The highest BCUT2D eigenvalue weighted by Crippen LogP contribution is 2.28. The van der Waals surface area contributed by atoms with Gasteiger partial charge in [0.15, 0.2) is 0 Å². The van der Waals surface area contributed by atoms with Crippen molar-refractivity contribution < 1.29 is 28.5 Å². The molecule has 2 atom stereocenters. The fourth-order valence-corrected chi connectivity index (χ4v) is 3.23. The van der Waals surface area contributed by atoms with Crippen molar-refractivity contribution in [2.45, 2.75) is 20.0 Å². The monoisotopic (exact) mass is 416 g/mol. The van der Waals surface area contributed by atoms with Crippen LogP contribution in [0.5, 0.6) is 18.0 Å². The van der Waals surface area contributed by atoms with Crippen LogP contribution in [0, 0.1) is 11.8 Å². The van der Waals surface area contributed by atoms with Crippen molar-refractivity contribution in [2.24, 2.45) is 11.8 Å². The van der Waals surface area contributed by atoms with Crippen LogP contribution in [0.3, 0.4) is 0 Å². The maximum atomic E-state index is 12.7. The number of amides is 1. The second-order valence-electron chi connectivity index (χ2n) is 6.73. The van der Waals surface area contributed by atoms with Gasteiger partial charge < -0.3 is 23.8 Å². The Kier molecular flexibility index (Phi) is 6.99. The number of hydrogen-bond donors (Lipinski definition) is 0. The van der Waals surface area contributed by atoms with Gasteiger partial charge in [0.1, 0.15) is 6.61 Å². The lowest BCUT2D eigenvalue weighted by molar-refractivity contribution is -0.140. The van der Waals surface area contributed by atoms with Crippen LogP contribution >= 0.6 is 0 Å². The molecule has 0 bridgehead atoms. The number of likely N-dealkylation sites (tertiary alicyclic amines) is 1. The number of ether oxygens (including phenoxy) is 4. The van der Waals surface area contributed by atoms with Crippen molar-refractivity contribution in [3.8, 4) is 18.0 Å². The van der Waals surface area contributed by atoms with E-state index in [4.69, 9.17) is 18.9 Å². The van der Waals surface area contributed by atoms with Gasteiger partial charge in [-0.3, -0.25) is 4.79 Å². The van der Waals surface area contributed by atoms with Gasteiger partial charge in [-0.25, -0.2) is 4.79 Å². The van der Waals surface area contributed by atoms with Crippen molar-refractivity contribution in [1.82, 2.24) is 19.9 Å². The zero-order valence-corrected chi connectivity index (χ0v) is 17.1. The van der Waals surface area contributed by atoms with E-state index in [0.717, 1.165) is 5.56 Å². The summed E-state index contributed by atoms with van der Waals surface area (Å²) in [5.74, 6) is -1.11. The molecule has 1 unspecified atom stereocenters. The Bertz CT molecular complexity index is 857. The van der Waals surface area contributed by atoms with Crippen LogP contribution in [0.2, 0.25) is 0 Å². The zero-order valence-electron chi connectivity index (χ0n) is 17.1. The molecular weight excluding hydrogens is 392 g/mol. The highest BCUT2D eigenvalue weighted by molar-refractivity contribution is 5.77. The van der Waals surface area contributed by atoms with Crippen LogP contribution in [-0.4, -0.2) is 59.2 Å². The SMILES string of the molecule is CC[C@@H]1CN(C(=O)OCc2ccccc2)CC1C(=O)Oc1nc(OC)nc(OC)n1. The largest absolute Gasteiger partial charge is 0.467 e. The smallest absolute Gasteiger partial charge is 0.410 e. The fraction of sp³-hybridized carbons (Fsp3) is 0.450. The van der Waals surface area contributed by atoms with E-state index >= 15 is 0 Å². The van der Waals surface area contributed by atoms with Gasteiger partial charge in [0.25, 0.3) is 0 Å². The molecule has 1 aromatic carbocycles. The second kappa shape index (κ2) is 9.86. The van der Waals surface area contributed by atoms with Gasteiger partial charge in [0, 0.05) is 13.1 Å². The normalized spacial score (nSPS) is 18.0. The molecule has 2 heterocycles. The molecule has 0 aliphatic carbocycles. The molecule has 3 rings (SSSR count). The first-order valence-corrected chi connectivity index (χ1v) is 9.55. The minimum absolute atomic E-state index is 0.0331. The zero-order chi connectivity index (χ0) is 21.5. The number of carbonyl (C=O) groups is 2. The number of nitrogens with zero attached hydrogens (tertiary/aromatic N) is 4. The van der Waals surface area contributed by atoms with Crippen molar-refractivity contribution in [3.05, 3.63) is 35.9 Å². The number of methoxy groups -OCH3 is 2. The minimum atomic E-state index is -0.532. The Hall–Kier alpha value is -3.43. The first kappa shape index (κ1) is 21.3. The topological polar surface area (TPSA) is 113 Å². The number of rotatable bonds is 7. The molecule has 1 saturated heterocycles. The van der Waals surface area contributed by atoms with Crippen molar-refractivity contribution in [1.29, 1.82) is 0 Å². The van der Waals surface area contributed by atoms with E-state index in [0.29, 0.717) is 13.0 Å². The molecule has 0 radical (unpaired) electrons. The quantitative estimate of drug-likeness (QED) is 0.626. The molecule has 10 heteroatoms. The fourth-order valence-electron chi connectivity index (χ4n) is 3.23. The van der Waals surface area contributed by atoms with E-state index in [1.807, 2.05) is 37.3 Å². The third-order valence-electron chi connectivity index (χ3n) is 4.86. The van der Waals surface area contributed by atoms with Crippen LogP contribution in [0.1, 0.15) is 18.9 Å². The van der Waals surface area contributed by atoms with E-state index in [1.165, 1.54) is 19.1 Å². The lowest BCUT2D eigenvalue weighted by atomic mass is 9.94. The van der Waals surface area contributed by atoms with E-state index in [1.54, 1.807) is 0 Å². The molecule has 1 amide bonds. The van der Waals surface area contributed by atoms with Crippen molar-refractivity contribution in [2.75, 3.05) is 27.3 Å². The number of aromatic nitrogens is 3. The summed E-state index contributed by atoms with van der Waals surface area (Å²) in [7, 11) is 2.76. The molecule has 1 aromatic heterocycles. The van der Waals surface area contributed by atoms with Gasteiger partial charge in [-0.05, 0) is 11.5 Å². The summed E-state index contributed by atoms with van der Waals surface area (Å²) in [5, 5.41) is 0. The molecule has 1 aliphatic rings. The average Bonchev–Trinajstić information content (AvgIpc) is 3.22. The summed E-state index contributed by atoms with van der Waals surface area (Å²) in [5.41, 5.74) is 0.894. The molecular formula is C20H24N4O6. The lowest BCUT2D eigenvalue weighted by Gasteiger charge is -2.16. The standard InChI is InChI=1S/C20H24N4O6/c1-4-14-10-24(20(26)29-12-13-8-6-5-7-9-13)11-15(14)16(25)30-19-22-17(27-2)21-18(23-19)28-3/h5-9,14-15H,4,10-12H2,1-3H3/t14-,15?/m1/s1. The molecule has 10 nitrogen and oxygen atoms in total. The Labute approximate surface area is 174 Å². The number of esters is 1. The van der Waals surface area contributed by atoms with Gasteiger partial charge in [0.05, 0.1) is 20.1 Å². The summed E-state index contributed by atoms with van der Waals surface area (Å²) < 4.78 is 20.6. The Balaban J connectivity index is 1.62. The second-order valence-corrected chi connectivity index (χ2v) is 6.73. The van der Waals surface area contributed by atoms with Crippen LogP contribution in [-0.2, 0) is 16.1 Å². The Morgan fingerprint density at radius 1 is 1.00 bits per heavy atom. The highest BCUT2D eigenvalue weighted by atomic mass is 16.6. The lowest BCUT2D eigenvalue weighted by Crippen LogP contribution is -2.31. The number of carbonyl (C=O) groups excluding carboxylic acids is 2.